The first-order valence-electron chi connectivity index (χ1n) is 32.0. The molecule has 0 unspecified atom stereocenters. The first kappa shape index (κ1) is 72.9. The Morgan fingerprint density at radius 3 is 1.32 bits per heavy atom. The lowest BCUT2D eigenvalue weighted by molar-refractivity contribution is -0.275. The fourth-order valence-corrected chi connectivity index (χ4v) is 12.2. The lowest BCUT2D eigenvalue weighted by atomic mass is 10.0. The molecule has 9 aromatic rings. The number of H-pyrrole nitrogens is 2. The minimum atomic E-state index is -4.82. The number of carbonyl (C=O) groups is 7. The molecule has 3 aliphatic heterocycles. The van der Waals surface area contributed by atoms with Crippen molar-refractivity contribution in [2.75, 3.05) is 26.8 Å². The highest BCUT2D eigenvalue weighted by Crippen LogP contribution is 2.31. The van der Waals surface area contributed by atoms with Crippen molar-refractivity contribution in [2.45, 2.75) is 121 Å². The van der Waals surface area contributed by atoms with Crippen LogP contribution >= 0.6 is 0 Å². The molecule has 12 rings (SSSR count). The second kappa shape index (κ2) is 33.8. The number of carbonyl (C=O) groups excluding carboxylic acids is 6. The summed E-state index contributed by atoms with van der Waals surface area (Å²) in [7, 11) is -1.00. The maximum absolute atomic E-state index is 13.2. The van der Waals surface area contributed by atoms with E-state index in [1.54, 1.807) is 35.5 Å². The van der Waals surface area contributed by atoms with E-state index in [0.29, 0.717) is 66.5 Å². The van der Waals surface area contributed by atoms with Gasteiger partial charge in [0.1, 0.15) is 17.2 Å². The molecule has 524 valence electrons. The summed E-state index contributed by atoms with van der Waals surface area (Å²) in [6.45, 7) is 3.18. The number of benzene rings is 6. The molecule has 0 spiro atoms. The number of Topliss-reactive ketones (excluding diaryl/α,β-unsaturated/α-hetero) is 3. The number of aromatic amines is 2. The molecule has 3 fully saturated rings. The van der Waals surface area contributed by atoms with Gasteiger partial charge in [-0.2, -0.15) is 0 Å². The predicted octanol–water partition coefficient (Wildman–Crippen LogP) is 13.8. The number of fused-ring (bicyclic) bond motifs is 3. The minimum absolute atomic E-state index is 0.00154. The third kappa shape index (κ3) is 21.6. The smallest absolute Gasteiger partial charge is 0.481 e. The van der Waals surface area contributed by atoms with E-state index in [1.807, 2.05) is 79.0 Å². The third-order valence-corrected chi connectivity index (χ3v) is 16.4. The van der Waals surface area contributed by atoms with Crippen LogP contribution in [-0.2, 0) is 67.3 Å². The van der Waals surface area contributed by atoms with Gasteiger partial charge in [-0.15, -0.1) is 39.5 Å². The summed E-state index contributed by atoms with van der Waals surface area (Å²) < 4.78 is 140. The fraction of sp³-hybridized carbons (Fsp3) is 0.319. The van der Waals surface area contributed by atoms with Crippen LogP contribution in [0.25, 0.3) is 32.7 Å². The summed E-state index contributed by atoms with van der Waals surface area (Å²) in [5.41, 5.74) is 6.38. The van der Waals surface area contributed by atoms with Crippen LogP contribution < -0.4 is 19.5 Å². The van der Waals surface area contributed by atoms with Crippen molar-refractivity contribution in [3.05, 3.63) is 198 Å². The molecule has 0 radical (unpaired) electrons. The van der Waals surface area contributed by atoms with Crippen molar-refractivity contribution in [2.24, 2.45) is 0 Å². The molecule has 17 nitrogen and oxygen atoms in total. The minimum Gasteiger partial charge on any atom is -0.481 e. The van der Waals surface area contributed by atoms with E-state index in [0.717, 1.165) is 57.7 Å². The highest BCUT2D eigenvalue weighted by molar-refractivity contribution is 5.98. The Morgan fingerprint density at radius 2 is 0.909 bits per heavy atom. The quantitative estimate of drug-likeness (QED) is 0.0589. The van der Waals surface area contributed by atoms with E-state index in [-0.39, 0.29) is 96.9 Å². The van der Waals surface area contributed by atoms with Crippen molar-refractivity contribution < 1.29 is 98.2 Å². The number of amides is 2. The molecule has 2 amide bonds. The number of hydrogen-bond acceptors (Lipinski definition) is 11. The monoisotopic (exact) mass is 1390 g/mol. The molecule has 3 saturated heterocycles. The molecule has 6 heterocycles. The molecule has 3 aromatic heterocycles. The fourth-order valence-electron chi connectivity index (χ4n) is 12.2. The average Bonchev–Trinajstić information content (AvgIpc) is 1.64. The van der Waals surface area contributed by atoms with E-state index in [9.17, 15) is 77.5 Å². The lowest BCUT2D eigenvalue weighted by Crippen LogP contribution is -2.41. The van der Waals surface area contributed by atoms with Gasteiger partial charge in [-0.1, -0.05) is 91.0 Å². The Morgan fingerprint density at radius 1 is 0.505 bits per heavy atom. The van der Waals surface area contributed by atoms with Gasteiger partial charge in [-0.05, 0) is 133 Å². The van der Waals surface area contributed by atoms with E-state index >= 15 is 0 Å². The number of rotatable bonds is 18. The van der Waals surface area contributed by atoms with Gasteiger partial charge in [0.2, 0.25) is 17.7 Å². The lowest BCUT2D eigenvalue weighted by Gasteiger charge is -2.24. The molecule has 3 aliphatic rings. The second-order valence-electron chi connectivity index (χ2n) is 23.4. The molecule has 4 N–H and O–H groups in total. The van der Waals surface area contributed by atoms with Gasteiger partial charge in [0, 0.05) is 85.1 Å². The molecule has 0 bridgehead atoms. The van der Waals surface area contributed by atoms with Crippen molar-refractivity contribution in [3.8, 4) is 17.2 Å². The van der Waals surface area contributed by atoms with Gasteiger partial charge in [0.05, 0.1) is 51.4 Å². The summed E-state index contributed by atoms with van der Waals surface area (Å²) in [6, 6.07) is 37.5. The van der Waals surface area contributed by atoms with Crippen LogP contribution in [0.5, 0.6) is 17.2 Å². The summed E-state index contributed by atoms with van der Waals surface area (Å²) in [6.07, 6.45) is -4.69. The highest BCUT2D eigenvalue weighted by atomic mass is 19.4. The van der Waals surface area contributed by atoms with Crippen LogP contribution in [0.2, 0.25) is 0 Å². The molecule has 99 heavy (non-hydrogen) atoms. The first-order chi connectivity index (χ1) is 47.5. The number of aromatic nitrogens is 3. The predicted molar refractivity (Wildman–Crippen MR) is 347 cm³/mol. The van der Waals surface area contributed by atoms with Crippen LogP contribution in [0.1, 0.15) is 85.0 Å². The number of likely N-dealkylation sites (tertiary alicyclic amines) is 2. The number of nitrogens with one attached hydrogen (secondary N) is 3. The zero-order valence-corrected chi connectivity index (χ0v) is 53.3. The van der Waals surface area contributed by atoms with Crippen molar-refractivity contribution in [3.63, 3.8) is 0 Å². The van der Waals surface area contributed by atoms with Gasteiger partial charge < -0.3 is 44.4 Å². The topological polar surface area (TPSA) is 222 Å². The normalized spacial score (nSPS) is 16.0. The number of aliphatic carboxylic acids is 1. The SMILES string of the molecule is CC(=O)n1cc(CC(=O)N2CCC[C@H]2C(=O)Cc2cccc(OC(F)(F)F)c2)c2ccccc21.O=C(Cc1cccc(OC(F)(F)F)c1)[C@@H]1CCCN1.O=C(Cc1cccc(OC(F)(F)F)c1)[C@@H]1CCCN1C(=O)Cc1c[nH]c2ccccc12.O=C(O)Cc1c[nH]c2ccccc12.[2H]CF. The highest BCUT2D eigenvalue weighted by Gasteiger charge is 2.37. The van der Waals surface area contributed by atoms with Crippen LogP contribution in [0.4, 0.5) is 43.9 Å². The van der Waals surface area contributed by atoms with E-state index < -0.39 is 44.3 Å². The van der Waals surface area contributed by atoms with Gasteiger partial charge in [0.25, 0.3) is 0 Å². The van der Waals surface area contributed by atoms with Gasteiger partial charge in [-0.25, -0.2) is 0 Å². The Hall–Kier alpha value is -10.3. The van der Waals surface area contributed by atoms with Crippen molar-refractivity contribution in [1.29, 1.82) is 0 Å². The first-order valence-corrected chi connectivity index (χ1v) is 31.3. The Balaban J connectivity index is 0.000000176. The number of carboxylic acid groups (broad SMARTS) is 1. The molecular weight excluding hydrogens is 1310 g/mol. The van der Waals surface area contributed by atoms with Gasteiger partial charge in [-0.3, -0.25) is 42.5 Å². The number of hydrogen-bond donors (Lipinski definition) is 4. The molecule has 0 saturated carbocycles. The molecule has 27 heteroatoms. The van der Waals surface area contributed by atoms with Gasteiger partial charge in [0.15, 0.2) is 17.3 Å². The maximum Gasteiger partial charge on any atom is 0.573 e. The maximum atomic E-state index is 13.2. The summed E-state index contributed by atoms with van der Waals surface area (Å²) in [5.74, 6) is -2.79. The molecule has 3 atom stereocenters. The number of halogens is 10. The second-order valence-corrected chi connectivity index (χ2v) is 23.4. The summed E-state index contributed by atoms with van der Waals surface area (Å²) in [5, 5.41) is 14.5. The number of carboxylic acids is 1. The van der Waals surface area contributed by atoms with Crippen LogP contribution in [0.15, 0.2) is 164 Å². The Bertz CT molecular complexity index is 4310. The third-order valence-electron chi connectivity index (χ3n) is 16.4. The number of para-hydroxylation sites is 3. The largest absolute Gasteiger partial charge is 0.573 e. The standard InChI is InChI=1S/C25H23F3N2O4.C23H21F3N2O3.C13H14F3NO2.C10H9NO2.CH3F/c1-16(31)30-15-18(20-8-2-3-9-21(20)30)14-24(33)29-11-5-10-22(29)23(32)13-17-6-4-7-19(12-17)34-25(26,27)28;24-23(25,26)31-17-6-3-5-15(11-17)12-21(29)20-9-4-10-28(20)22(30)13-16-14-27-19-8-2-1-7-18(16)19;14-13(15,16)19-10-4-1-3-9(7-10)8-12(18)11-5-2-6-17-11;12-10(13)5-7-6-11-9-4-2-1-3-8(7)9;1-2/h2-4,6-9,12,15,22H,5,10-11,13-14H2,1H3;1-3,5-8,11,14,20,27H,4,9-10,12-13H2;1,3-4,7,11,17H,2,5-6,8H2;1-4,6,11H,5H2,(H,12,13);1H3/t22-;20-;11-;;/m000../s1/i;;;;1D. The van der Waals surface area contributed by atoms with Crippen molar-refractivity contribution in [1.82, 2.24) is 29.7 Å². The average molecular weight is 1390 g/mol. The van der Waals surface area contributed by atoms with Crippen LogP contribution in [0, 0.1) is 0 Å². The molecular formula is C72H70F10N6O11. The van der Waals surface area contributed by atoms with Crippen LogP contribution in [0.3, 0.4) is 0 Å². The Kier molecular flexibility index (Phi) is 24.9. The summed E-state index contributed by atoms with van der Waals surface area (Å²) in [4.78, 5) is 95.6. The van der Waals surface area contributed by atoms with E-state index in [4.69, 9.17) is 6.48 Å². The molecule has 6 aromatic carbocycles. The summed E-state index contributed by atoms with van der Waals surface area (Å²) >= 11 is 0. The number of ketones is 3. The zero-order chi connectivity index (χ0) is 72.3. The Labute approximate surface area is 562 Å². The van der Waals surface area contributed by atoms with E-state index in [1.165, 1.54) is 71.0 Å². The number of ether oxygens (including phenoxy) is 3. The van der Waals surface area contributed by atoms with E-state index in [2.05, 4.69) is 29.5 Å². The van der Waals surface area contributed by atoms with Crippen molar-refractivity contribution >= 4 is 73.7 Å². The number of nitrogens with zero attached hydrogens (tertiary/aromatic N) is 3. The molecule has 0 aliphatic carbocycles. The zero-order valence-electron chi connectivity index (χ0n) is 54.3. The van der Waals surface area contributed by atoms with Gasteiger partial charge >= 0.3 is 25.1 Å². The number of alkyl halides is 10. The van der Waals surface area contributed by atoms with Crippen LogP contribution in [-0.4, -0.2) is 134 Å².